The maximum Gasteiger partial charge on any atom is 0.434 e. The number of hydrogen-bond acceptors (Lipinski definition) is 5. The van der Waals surface area contributed by atoms with Gasteiger partial charge in [-0.2, -0.15) is 37.9 Å². The number of aromatic nitrogens is 2. The van der Waals surface area contributed by atoms with Gasteiger partial charge in [-0.3, -0.25) is 4.79 Å². The highest BCUT2D eigenvalue weighted by molar-refractivity contribution is 5.92. The summed E-state index contributed by atoms with van der Waals surface area (Å²) >= 11 is 0. The molecule has 0 aromatic carbocycles. The minimum Gasteiger partial charge on any atom is -0.426 e. The maximum atomic E-state index is 12.7. The third-order valence-electron chi connectivity index (χ3n) is 5.51. The summed E-state index contributed by atoms with van der Waals surface area (Å²) in [5.41, 5.74) is -0.744. The highest BCUT2D eigenvalue weighted by Gasteiger charge is 2.60. The number of nitrogens with zero attached hydrogens (tertiary/aromatic N) is 5. The molecule has 3 rings (SSSR count). The fourth-order valence-corrected chi connectivity index (χ4v) is 3.57. The van der Waals surface area contributed by atoms with E-state index in [2.05, 4.69) is 20.0 Å². The van der Waals surface area contributed by atoms with E-state index in [0.29, 0.717) is 18.9 Å². The number of imidazole rings is 1. The van der Waals surface area contributed by atoms with Gasteiger partial charge >= 0.3 is 18.4 Å². The Morgan fingerprint density at radius 1 is 1.15 bits per heavy atom. The van der Waals surface area contributed by atoms with Crippen molar-refractivity contribution in [3.8, 4) is 0 Å². The SMILES string of the molecule is [C-]#[N+]N1CCn2cc(C(=O)NC3(C)CCN(C(=O)OC(C(F)(F)F)C(F)(F)F)CC3)nc2C1. The number of halogens is 6. The summed E-state index contributed by atoms with van der Waals surface area (Å²) in [6.45, 7) is 9.53. The van der Waals surface area contributed by atoms with Gasteiger partial charge in [0.1, 0.15) is 24.6 Å². The number of rotatable bonds is 3. The summed E-state index contributed by atoms with van der Waals surface area (Å²) in [5.74, 6) is 0.0352. The Morgan fingerprint density at radius 2 is 1.76 bits per heavy atom. The predicted octanol–water partition coefficient (Wildman–Crippen LogP) is 2.75. The van der Waals surface area contributed by atoms with Crippen LogP contribution in [0, 0.1) is 6.57 Å². The van der Waals surface area contributed by atoms with E-state index in [4.69, 9.17) is 6.57 Å². The molecule has 0 saturated carbocycles. The van der Waals surface area contributed by atoms with Crippen molar-refractivity contribution in [2.24, 2.45) is 0 Å². The second kappa shape index (κ2) is 8.64. The smallest absolute Gasteiger partial charge is 0.426 e. The molecule has 1 N–H and O–H groups in total. The van der Waals surface area contributed by atoms with E-state index in [0.717, 1.165) is 4.90 Å². The van der Waals surface area contributed by atoms with Crippen LogP contribution >= 0.6 is 0 Å². The molecule has 2 amide bonds. The molecule has 33 heavy (non-hydrogen) atoms. The number of carbonyl (C=O) groups excluding carboxylic acids is 2. The van der Waals surface area contributed by atoms with Gasteiger partial charge in [0.05, 0.1) is 0 Å². The normalized spacial score (nSPS) is 18.5. The topological polar surface area (TPSA) is 84.1 Å². The molecule has 0 radical (unpaired) electrons. The fourth-order valence-electron chi connectivity index (χ4n) is 3.57. The molecule has 1 fully saturated rings. The third-order valence-corrected chi connectivity index (χ3v) is 5.51. The molecule has 0 unspecified atom stereocenters. The molecule has 1 aromatic heterocycles. The molecule has 15 heteroatoms. The number of likely N-dealkylation sites (tertiary alicyclic amines) is 1. The molecule has 3 heterocycles. The first-order valence-electron chi connectivity index (χ1n) is 9.82. The fraction of sp³-hybridized carbons (Fsp3) is 0.667. The third kappa shape index (κ3) is 5.60. The van der Waals surface area contributed by atoms with Gasteiger partial charge in [0.2, 0.25) is 0 Å². The highest BCUT2D eigenvalue weighted by atomic mass is 19.4. The summed E-state index contributed by atoms with van der Waals surface area (Å²) in [6.07, 6.45) is -15.8. The number of nitrogens with one attached hydrogen (secondary N) is 1. The molecule has 1 aromatic rings. The monoisotopic (exact) mass is 482 g/mol. The van der Waals surface area contributed by atoms with Crippen LogP contribution in [0.3, 0.4) is 0 Å². The van der Waals surface area contributed by atoms with E-state index >= 15 is 0 Å². The Hall–Kier alpha value is -3.18. The van der Waals surface area contributed by atoms with Crippen molar-refractivity contribution in [1.82, 2.24) is 24.8 Å². The standard InChI is InChI=1S/C18H20F6N6O3/c1-16(27-13(31)11-9-29-7-8-30(25-2)10-12(29)26-11)3-5-28(6-4-16)15(32)33-14(17(19,20)21)18(22,23)24/h9,14H,3-8,10H2,1H3,(H,27,31). The number of piperidine rings is 1. The average Bonchev–Trinajstić information content (AvgIpc) is 3.14. The minimum absolute atomic E-state index is 0.0790. The van der Waals surface area contributed by atoms with Crippen LogP contribution in [0.25, 0.3) is 4.95 Å². The molecule has 182 valence electrons. The van der Waals surface area contributed by atoms with Crippen molar-refractivity contribution in [3.05, 3.63) is 29.2 Å². The van der Waals surface area contributed by atoms with Crippen LogP contribution in [0.15, 0.2) is 6.20 Å². The largest absolute Gasteiger partial charge is 0.434 e. The lowest BCUT2D eigenvalue weighted by Crippen LogP contribution is -2.55. The number of alkyl halides is 6. The van der Waals surface area contributed by atoms with Crippen LogP contribution in [-0.2, 0) is 17.8 Å². The first-order valence-corrected chi connectivity index (χ1v) is 9.82. The summed E-state index contributed by atoms with van der Waals surface area (Å²) in [6, 6.07) is 0. The summed E-state index contributed by atoms with van der Waals surface area (Å²) < 4.78 is 81.1. The molecular formula is C18H20F6N6O3. The van der Waals surface area contributed by atoms with Gasteiger partial charge in [0.15, 0.2) is 0 Å². The lowest BCUT2D eigenvalue weighted by Gasteiger charge is -2.39. The van der Waals surface area contributed by atoms with Gasteiger partial charge < -0.3 is 19.5 Å². The minimum atomic E-state index is -5.79. The zero-order chi connectivity index (χ0) is 24.6. The Bertz CT molecular complexity index is 931. The van der Waals surface area contributed by atoms with Crippen molar-refractivity contribution < 1.29 is 40.7 Å². The maximum absolute atomic E-state index is 12.7. The number of ether oxygens (including phenoxy) is 1. The summed E-state index contributed by atoms with van der Waals surface area (Å²) in [7, 11) is 0. The number of amides is 2. The first-order chi connectivity index (χ1) is 15.2. The van der Waals surface area contributed by atoms with E-state index in [1.807, 2.05) is 0 Å². The number of hydrogen-bond donors (Lipinski definition) is 1. The molecular weight excluding hydrogens is 462 g/mol. The molecule has 0 atom stereocenters. The lowest BCUT2D eigenvalue weighted by atomic mass is 9.89. The van der Waals surface area contributed by atoms with E-state index in [1.165, 1.54) is 5.01 Å². The molecule has 2 aliphatic rings. The van der Waals surface area contributed by atoms with Gasteiger partial charge in [-0.15, -0.1) is 5.01 Å². The molecule has 9 nitrogen and oxygen atoms in total. The van der Waals surface area contributed by atoms with Gasteiger partial charge in [0.25, 0.3) is 12.0 Å². The zero-order valence-corrected chi connectivity index (χ0v) is 17.3. The van der Waals surface area contributed by atoms with Crippen LogP contribution in [0.2, 0.25) is 0 Å². The molecule has 0 spiro atoms. The number of carbonyl (C=O) groups is 2. The average molecular weight is 482 g/mol. The second-order valence-corrected chi connectivity index (χ2v) is 8.07. The van der Waals surface area contributed by atoms with Crippen LogP contribution in [-0.4, -0.2) is 75.1 Å². The van der Waals surface area contributed by atoms with Crippen molar-refractivity contribution in [3.63, 3.8) is 0 Å². The Kier molecular flexibility index (Phi) is 6.40. The Morgan fingerprint density at radius 3 is 2.30 bits per heavy atom. The van der Waals surface area contributed by atoms with Crippen LogP contribution < -0.4 is 5.32 Å². The van der Waals surface area contributed by atoms with Gasteiger partial charge in [0, 0.05) is 31.4 Å². The van der Waals surface area contributed by atoms with Crippen LogP contribution in [0.1, 0.15) is 36.1 Å². The number of fused-ring (bicyclic) bond motifs is 1. The molecule has 1 saturated heterocycles. The van der Waals surface area contributed by atoms with E-state index in [-0.39, 0.29) is 38.2 Å². The predicted molar refractivity (Wildman–Crippen MR) is 98.3 cm³/mol. The van der Waals surface area contributed by atoms with Crippen molar-refractivity contribution >= 4 is 12.0 Å². The quantitative estimate of drug-likeness (QED) is 0.529. The highest BCUT2D eigenvalue weighted by Crippen LogP contribution is 2.36. The van der Waals surface area contributed by atoms with Gasteiger partial charge in [-0.25, -0.2) is 9.78 Å². The van der Waals surface area contributed by atoms with Crippen molar-refractivity contribution in [2.45, 2.75) is 56.9 Å². The Balaban J connectivity index is 1.57. The molecule has 0 bridgehead atoms. The van der Waals surface area contributed by atoms with Crippen molar-refractivity contribution in [2.75, 3.05) is 19.6 Å². The first kappa shape index (κ1) is 24.5. The van der Waals surface area contributed by atoms with Crippen LogP contribution in [0.5, 0.6) is 0 Å². The van der Waals surface area contributed by atoms with Crippen molar-refractivity contribution in [1.29, 1.82) is 0 Å². The van der Waals surface area contributed by atoms with E-state index in [9.17, 15) is 35.9 Å². The molecule has 0 aliphatic carbocycles. The van der Waals surface area contributed by atoms with Gasteiger partial charge in [-0.05, 0) is 19.8 Å². The molecule has 2 aliphatic heterocycles. The summed E-state index contributed by atoms with van der Waals surface area (Å²) in [5, 5.41) is 4.24. The van der Waals surface area contributed by atoms with Crippen LogP contribution in [0.4, 0.5) is 31.1 Å². The van der Waals surface area contributed by atoms with E-state index < -0.39 is 36.0 Å². The lowest BCUT2D eigenvalue weighted by molar-refractivity contribution is -0.308. The second-order valence-electron chi connectivity index (χ2n) is 8.07. The summed E-state index contributed by atoms with van der Waals surface area (Å²) in [4.78, 5) is 32.9. The Labute approximate surface area is 184 Å². The van der Waals surface area contributed by atoms with Gasteiger partial charge in [-0.1, -0.05) is 0 Å². The zero-order valence-electron chi connectivity index (χ0n) is 17.3. The van der Waals surface area contributed by atoms with E-state index in [1.54, 1.807) is 17.7 Å².